The van der Waals surface area contributed by atoms with E-state index in [9.17, 15) is 27.6 Å². The number of sulfonamides is 1. The fourth-order valence-electron chi connectivity index (χ4n) is 2.48. The number of H-pyrrole nitrogens is 1. The second-order valence-corrected chi connectivity index (χ2v) is 8.95. The van der Waals surface area contributed by atoms with Crippen molar-refractivity contribution < 1.29 is 32.2 Å². The molecule has 3 heterocycles. The Labute approximate surface area is 195 Å². The molecule has 16 nitrogen and oxygen atoms in total. The van der Waals surface area contributed by atoms with Crippen LogP contribution in [-0.2, 0) is 28.9 Å². The molecule has 0 radical (unpaired) electrons. The average Bonchev–Trinajstić information content (AvgIpc) is 3.44. The molecule has 0 bridgehead atoms. The molecule has 0 aliphatic rings. The zero-order valence-corrected chi connectivity index (χ0v) is 20.4. The van der Waals surface area contributed by atoms with E-state index in [1.54, 1.807) is 11.8 Å². The predicted molar refractivity (Wildman–Crippen MR) is 116 cm³/mol. The monoisotopic (exact) mass is 519 g/mol. The lowest BCUT2D eigenvalue weighted by Gasteiger charge is -2.07. The van der Waals surface area contributed by atoms with Crippen LogP contribution in [0.15, 0.2) is 19.9 Å². The number of carbonyl (C=O) groups is 2. The number of rotatable bonds is 5. The van der Waals surface area contributed by atoms with Gasteiger partial charge in [0.2, 0.25) is 0 Å². The van der Waals surface area contributed by atoms with E-state index in [2.05, 4.69) is 24.8 Å². The van der Waals surface area contributed by atoms with Crippen molar-refractivity contribution >= 4 is 33.4 Å². The van der Waals surface area contributed by atoms with Gasteiger partial charge in [-0.15, -0.1) is 26.2 Å². The van der Waals surface area contributed by atoms with Gasteiger partial charge in [0.05, 0.1) is 26.9 Å². The van der Waals surface area contributed by atoms with Gasteiger partial charge < -0.3 is 14.2 Å². The van der Waals surface area contributed by atoms with Gasteiger partial charge in [-0.2, -0.15) is 0 Å². The summed E-state index contributed by atoms with van der Waals surface area (Å²) in [7, 11) is 2.21. The van der Waals surface area contributed by atoms with E-state index in [-0.39, 0.29) is 22.1 Å². The highest BCUT2D eigenvalue weighted by Gasteiger charge is 2.30. The topological polar surface area (TPSA) is 198 Å². The zero-order chi connectivity index (χ0) is 25.8. The van der Waals surface area contributed by atoms with Gasteiger partial charge in [-0.05, 0) is 6.92 Å². The number of aryl methyl sites for hydroxylation is 1. The standard InChI is InChI=1S/C12H14N4O7S2.C4H7N3O2/c1-6-8(7(5-24-6)9(17)22-3)25(20,21)14-10(18)16-12(19)15(2)11(13-16)23-4;1-7-3(8)5-6-4(7)9-2/h5H,1-4H3,(H,14,18);1-2H3,(H,5,8). The second-order valence-electron chi connectivity index (χ2n) is 6.25. The largest absolute Gasteiger partial charge is 0.467 e. The lowest BCUT2D eigenvalue weighted by Crippen LogP contribution is -2.40. The van der Waals surface area contributed by atoms with E-state index in [0.717, 1.165) is 23.0 Å². The van der Waals surface area contributed by atoms with E-state index < -0.39 is 32.6 Å². The molecule has 34 heavy (non-hydrogen) atoms. The van der Waals surface area contributed by atoms with Gasteiger partial charge in [-0.3, -0.25) is 0 Å². The Bertz CT molecular complexity index is 1430. The molecule has 0 unspecified atom stereocenters. The third kappa shape index (κ3) is 5.17. The van der Waals surface area contributed by atoms with Crippen LogP contribution >= 0.6 is 11.3 Å². The smallest absolute Gasteiger partial charge is 0.360 e. The summed E-state index contributed by atoms with van der Waals surface area (Å²) in [6.07, 6.45) is 0. The van der Waals surface area contributed by atoms with Crippen molar-refractivity contribution in [3.05, 3.63) is 36.8 Å². The Morgan fingerprint density at radius 2 is 1.71 bits per heavy atom. The van der Waals surface area contributed by atoms with Crippen LogP contribution in [0.2, 0.25) is 0 Å². The summed E-state index contributed by atoms with van der Waals surface area (Å²) in [5, 5.41) is 10.6. The summed E-state index contributed by atoms with van der Waals surface area (Å²) in [4.78, 5) is 46.2. The van der Waals surface area contributed by atoms with Crippen molar-refractivity contribution in [2.24, 2.45) is 14.1 Å². The average molecular weight is 520 g/mol. The predicted octanol–water partition coefficient (Wildman–Crippen LogP) is -1.19. The fourth-order valence-corrected chi connectivity index (χ4v) is 4.98. The van der Waals surface area contributed by atoms with Crippen molar-refractivity contribution in [3.63, 3.8) is 0 Å². The van der Waals surface area contributed by atoms with Crippen LogP contribution < -0.4 is 25.6 Å². The van der Waals surface area contributed by atoms with E-state index in [1.807, 2.05) is 0 Å². The first-order valence-electron chi connectivity index (χ1n) is 8.98. The van der Waals surface area contributed by atoms with Crippen LogP contribution in [0, 0.1) is 6.92 Å². The highest BCUT2D eigenvalue weighted by Crippen LogP contribution is 2.27. The molecule has 18 heteroatoms. The quantitative estimate of drug-likeness (QED) is 0.384. The van der Waals surface area contributed by atoms with Gasteiger partial charge in [0.1, 0.15) is 4.90 Å². The van der Waals surface area contributed by atoms with Crippen molar-refractivity contribution in [1.29, 1.82) is 0 Å². The minimum atomic E-state index is -4.45. The van der Waals surface area contributed by atoms with Crippen LogP contribution in [0.1, 0.15) is 15.2 Å². The number of nitrogens with one attached hydrogen (secondary N) is 2. The summed E-state index contributed by atoms with van der Waals surface area (Å²) in [5.74, 6) is -0.867. The van der Waals surface area contributed by atoms with Crippen LogP contribution in [-0.4, -0.2) is 70.9 Å². The van der Waals surface area contributed by atoms with E-state index >= 15 is 0 Å². The first-order chi connectivity index (χ1) is 15.9. The molecule has 186 valence electrons. The normalized spacial score (nSPS) is 10.8. The molecule has 0 fully saturated rings. The number of methoxy groups -OCH3 is 3. The lowest BCUT2D eigenvalue weighted by molar-refractivity contribution is 0.0597. The molecule has 1 amide bonds. The number of hydrogen-bond acceptors (Lipinski definition) is 12. The van der Waals surface area contributed by atoms with Gasteiger partial charge in [-0.1, -0.05) is 0 Å². The lowest BCUT2D eigenvalue weighted by atomic mass is 10.3. The molecular formula is C16H21N7O9S2. The maximum Gasteiger partial charge on any atom is 0.360 e. The van der Waals surface area contributed by atoms with Crippen molar-refractivity contribution in [3.8, 4) is 12.0 Å². The highest BCUT2D eigenvalue weighted by molar-refractivity contribution is 7.90. The molecule has 2 N–H and O–H groups in total. The molecule has 0 spiro atoms. The maximum atomic E-state index is 12.5. The molecule has 3 aromatic rings. The summed E-state index contributed by atoms with van der Waals surface area (Å²) in [5.41, 5.74) is -1.39. The van der Waals surface area contributed by atoms with Gasteiger partial charge in [0.15, 0.2) is 0 Å². The zero-order valence-electron chi connectivity index (χ0n) is 18.8. The van der Waals surface area contributed by atoms with E-state index in [4.69, 9.17) is 4.74 Å². The number of thiophene rings is 1. The second kappa shape index (κ2) is 10.3. The molecule has 0 saturated heterocycles. The summed E-state index contributed by atoms with van der Waals surface area (Å²) in [6, 6.07) is -1.20. The van der Waals surface area contributed by atoms with Crippen LogP contribution in [0.4, 0.5) is 4.79 Å². The van der Waals surface area contributed by atoms with Crippen molar-refractivity contribution in [1.82, 2.24) is 33.8 Å². The van der Waals surface area contributed by atoms with Crippen molar-refractivity contribution in [2.75, 3.05) is 21.3 Å². The van der Waals surface area contributed by atoms with Crippen LogP contribution in [0.25, 0.3) is 0 Å². The van der Waals surface area contributed by atoms with Crippen molar-refractivity contribution in [2.45, 2.75) is 11.8 Å². The van der Waals surface area contributed by atoms with Gasteiger partial charge in [0, 0.05) is 24.4 Å². The van der Waals surface area contributed by atoms with E-state index in [1.165, 1.54) is 38.1 Å². The summed E-state index contributed by atoms with van der Waals surface area (Å²) >= 11 is 0.998. The Morgan fingerprint density at radius 3 is 2.15 bits per heavy atom. The Balaban J connectivity index is 0.000000379. The third-order valence-corrected chi connectivity index (χ3v) is 6.70. The number of carbonyl (C=O) groups excluding carboxylic acids is 2. The van der Waals surface area contributed by atoms with Gasteiger partial charge in [0.25, 0.3) is 10.0 Å². The van der Waals surface area contributed by atoms with Crippen LogP contribution in [0.5, 0.6) is 12.0 Å². The first kappa shape index (κ1) is 26.3. The molecule has 0 saturated carbocycles. The molecule has 0 aliphatic carbocycles. The Hall–Kier alpha value is -3.93. The maximum absolute atomic E-state index is 12.5. The molecule has 0 atom stereocenters. The Morgan fingerprint density at radius 1 is 1.09 bits per heavy atom. The third-order valence-electron chi connectivity index (χ3n) is 4.15. The fraction of sp³-hybridized carbons (Fsp3) is 0.375. The number of aromatic amines is 1. The first-order valence-corrected chi connectivity index (χ1v) is 11.3. The number of hydrogen-bond donors (Lipinski definition) is 2. The minimum absolute atomic E-state index is 0.181. The van der Waals surface area contributed by atoms with E-state index in [0.29, 0.717) is 10.7 Å². The summed E-state index contributed by atoms with van der Waals surface area (Å²) in [6.45, 7) is 1.46. The van der Waals surface area contributed by atoms with Crippen LogP contribution in [0.3, 0.4) is 0 Å². The number of nitrogens with zero attached hydrogens (tertiary/aromatic N) is 5. The SMILES string of the molecule is COC(=O)c1csc(C)c1S(=O)(=O)NC(=O)n1nc(OC)n(C)c1=O.COc1n[nH]c(=O)n1C. The molecule has 0 aliphatic heterocycles. The molecule has 0 aromatic carbocycles. The number of aromatic nitrogens is 6. The number of ether oxygens (including phenoxy) is 3. The molecule has 3 aromatic heterocycles. The van der Waals surface area contributed by atoms with Gasteiger partial charge >= 0.3 is 35.4 Å². The highest BCUT2D eigenvalue weighted by atomic mass is 32.2. The summed E-state index contributed by atoms with van der Waals surface area (Å²) < 4.78 is 43.2. The molecular weight excluding hydrogens is 498 g/mol. The number of amides is 1. The number of esters is 1. The molecule has 3 rings (SSSR count). The van der Waals surface area contributed by atoms with Gasteiger partial charge in [-0.25, -0.2) is 46.6 Å². The minimum Gasteiger partial charge on any atom is -0.467 e. The Kier molecular flexibility index (Phi) is 8.00.